The molecule has 0 atom stereocenters. The Balaban J connectivity index is 1.51. The first-order valence-electron chi connectivity index (χ1n) is 9.97. The van der Waals surface area contributed by atoms with Crippen molar-refractivity contribution in [2.75, 3.05) is 11.1 Å². The largest absolute Gasteiger partial charge is 0.325 e. The van der Waals surface area contributed by atoms with Crippen LogP contribution in [0.15, 0.2) is 70.6 Å². The highest BCUT2D eigenvalue weighted by atomic mass is 32.2. The van der Waals surface area contributed by atoms with Gasteiger partial charge >= 0.3 is 0 Å². The summed E-state index contributed by atoms with van der Waals surface area (Å²) in [5.74, 6) is 0.309. The highest BCUT2D eigenvalue weighted by Gasteiger charge is 2.37. The Morgan fingerprint density at radius 3 is 2.21 bits per heavy atom. The lowest BCUT2D eigenvalue weighted by atomic mass is 10.0. The zero-order valence-corrected chi connectivity index (χ0v) is 16.8. The minimum Gasteiger partial charge on any atom is -0.325 e. The molecule has 1 N–H and O–H groups in total. The normalized spacial score (nSPS) is 18.3. The van der Waals surface area contributed by atoms with Gasteiger partial charge in [-0.3, -0.25) is 9.79 Å². The zero-order valence-electron chi connectivity index (χ0n) is 15.9. The molecular weight excluding hydrogens is 366 g/mol. The second-order valence-electron chi connectivity index (χ2n) is 7.34. The standard InChI is InChI=1S/C23H25N3OS/c27-20(24-19-13-7-4-8-14-19)17-28-22-21(18-11-5-3-6-12-18)25-23(26-22)15-9-1-2-10-16-23/h3-8,11-14H,1-2,9-10,15-17H2,(H,24,27). The Kier molecular flexibility index (Phi) is 5.91. The number of carbonyl (C=O) groups is 1. The molecule has 0 bridgehead atoms. The van der Waals surface area contributed by atoms with Gasteiger partial charge in [-0.2, -0.15) is 0 Å². The predicted molar refractivity (Wildman–Crippen MR) is 118 cm³/mol. The van der Waals surface area contributed by atoms with E-state index in [9.17, 15) is 4.79 Å². The maximum absolute atomic E-state index is 12.4. The number of amides is 1. The van der Waals surface area contributed by atoms with Gasteiger partial charge in [0, 0.05) is 11.3 Å². The Bertz CT molecular complexity index is 869. The molecule has 5 heteroatoms. The number of hydrogen-bond donors (Lipinski definition) is 1. The fourth-order valence-corrected chi connectivity index (χ4v) is 4.65. The van der Waals surface area contributed by atoms with E-state index in [1.807, 2.05) is 48.5 Å². The monoisotopic (exact) mass is 391 g/mol. The molecule has 4 nitrogen and oxygen atoms in total. The van der Waals surface area contributed by atoms with Crippen molar-refractivity contribution < 1.29 is 4.79 Å². The van der Waals surface area contributed by atoms with Gasteiger partial charge in [0.25, 0.3) is 0 Å². The second-order valence-corrected chi connectivity index (χ2v) is 8.31. The number of hydrogen-bond acceptors (Lipinski definition) is 4. The van der Waals surface area contributed by atoms with E-state index in [1.165, 1.54) is 37.4 Å². The third-order valence-electron chi connectivity index (χ3n) is 5.18. The minimum absolute atomic E-state index is 0.0203. The van der Waals surface area contributed by atoms with Gasteiger partial charge in [-0.15, -0.1) is 0 Å². The molecule has 0 unspecified atom stereocenters. The van der Waals surface area contributed by atoms with Crippen molar-refractivity contribution in [3.05, 3.63) is 66.2 Å². The van der Waals surface area contributed by atoms with Crippen molar-refractivity contribution in [1.82, 2.24) is 0 Å². The summed E-state index contributed by atoms with van der Waals surface area (Å²) in [6.07, 6.45) is 6.86. The van der Waals surface area contributed by atoms with Crippen LogP contribution in [-0.4, -0.2) is 28.1 Å². The molecule has 1 heterocycles. The van der Waals surface area contributed by atoms with Gasteiger partial charge in [0.1, 0.15) is 5.04 Å². The summed E-state index contributed by atoms with van der Waals surface area (Å²) >= 11 is 1.50. The van der Waals surface area contributed by atoms with Crippen LogP contribution in [0.25, 0.3) is 0 Å². The van der Waals surface area contributed by atoms with Crippen LogP contribution in [0.2, 0.25) is 0 Å². The number of aliphatic imine (C=N–C) groups is 2. The summed E-state index contributed by atoms with van der Waals surface area (Å²) in [6, 6.07) is 19.8. The maximum atomic E-state index is 12.4. The average molecular weight is 392 g/mol. The molecule has 4 rings (SSSR count). The lowest BCUT2D eigenvalue weighted by Gasteiger charge is -2.20. The van der Waals surface area contributed by atoms with E-state index >= 15 is 0 Å². The first-order valence-corrected chi connectivity index (χ1v) is 11.0. The summed E-state index contributed by atoms with van der Waals surface area (Å²) < 4.78 is 0. The number of para-hydroxylation sites is 1. The van der Waals surface area contributed by atoms with Gasteiger partial charge in [0.05, 0.1) is 11.5 Å². The van der Waals surface area contributed by atoms with E-state index in [-0.39, 0.29) is 11.6 Å². The fourth-order valence-electron chi connectivity index (χ4n) is 3.78. The summed E-state index contributed by atoms with van der Waals surface area (Å²) in [6.45, 7) is 0. The maximum Gasteiger partial charge on any atom is 0.234 e. The third-order valence-corrected chi connectivity index (χ3v) is 6.15. The Hall–Kier alpha value is -2.40. The van der Waals surface area contributed by atoms with E-state index in [4.69, 9.17) is 9.98 Å². The molecule has 1 aliphatic heterocycles. The molecule has 0 radical (unpaired) electrons. The van der Waals surface area contributed by atoms with E-state index < -0.39 is 0 Å². The predicted octanol–water partition coefficient (Wildman–Crippen LogP) is 5.31. The van der Waals surface area contributed by atoms with Crippen LogP contribution < -0.4 is 5.32 Å². The highest BCUT2D eigenvalue weighted by Crippen LogP contribution is 2.37. The summed E-state index contributed by atoms with van der Waals surface area (Å²) in [4.78, 5) is 22.6. The first-order chi connectivity index (χ1) is 13.7. The fraction of sp³-hybridized carbons (Fsp3) is 0.348. The van der Waals surface area contributed by atoms with E-state index in [1.54, 1.807) is 0 Å². The molecule has 0 saturated heterocycles. The van der Waals surface area contributed by atoms with Crippen LogP contribution in [0.1, 0.15) is 44.1 Å². The quantitative estimate of drug-likeness (QED) is 0.768. The van der Waals surface area contributed by atoms with Crippen molar-refractivity contribution in [3.8, 4) is 0 Å². The van der Waals surface area contributed by atoms with Crippen LogP contribution in [0.3, 0.4) is 0 Å². The number of nitrogens with one attached hydrogen (secondary N) is 1. The van der Waals surface area contributed by atoms with Crippen molar-refractivity contribution in [3.63, 3.8) is 0 Å². The van der Waals surface area contributed by atoms with Crippen LogP contribution >= 0.6 is 11.8 Å². The second kappa shape index (κ2) is 8.74. The van der Waals surface area contributed by atoms with Gasteiger partial charge in [-0.25, -0.2) is 4.99 Å². The number of thioether (sulfide) groups is 1. The van der Waals surface area contributed by atoms with Crippen molar-refractivity contribution in [2.24, 2.45) is 9.98 Å². The average Bonchev–Trinajstić information content (AvgIpc) is 2.93. The molecule has 144 valence electrons. The molecule has 1 fully saturated rings. The van der Waals surface area contributed by atoms with Crippen LogP contribution in [0.4, 0.5) is 5.69 Å². The first kappa shape index (κ1) is 18.9. The van der Waals surface area contributed by atoms with Crippen molar-refractivity contribution in [2.45, 2.75) is 44.2 Å². The van der Waals surface area contributed by atoms with Gasteiger partial charge < -0.3 is 5.32 Å². The number of nitrogens with zero attached hydrogens (tertiary/aromatic N) is 2. The number of carbonyl (C=O) groups excluding carboxylic acids is 1. The van der Waals surface area contributed by atoms with E-state index in [0.29, 0.717) is 5.75 Å². The van der Waals surface area contributed by atoms with Gasteiger partial charge in [0.15, 0.2) is 5.66 Å². The molecular formula is C23H25N3OS. The van der Waals surface area contributed by atoms with Crippen LogP contribution in [-0.2, 0) is 4.79 Å². The summed E-state index contributed by atoms with van der Waals surface area (Å²) in [7, 11) is 0. The lowest BCUT2D eigenvalue weighted by Crippen LogP contribution is -2.20. The van der Waals surface area contributed by atoms with Gasteiger partial charge in [-0.1, -0.05) is 73.1 Å². The van der Waals surface area contributed by atoms with Gasteiger partial charge in [0.2, 0.25) is 5.91 Å². The SMILES string of the molecule is O=C(CSC1=NC2(CCCCCC2)N=C1c1ccccc1)Nc1ccccc1. The number of anilines is 1. The zero-order chi connectivity index (χ0) is 19.2. The van der Waals surface area contributed by atoms with Crippen molar-refractivity contribution in [1.29, 1.82) is 0 Å². The Labute approximate surface area is 170 Å². The highest BCUT2D eigenvalue weighted by molar-refractivity contribution is 8.16. The lowest BCUT2D eigenvalue weighted by molar-refractivity contribution is -0.113. The molecule has 2 aromatic carbocycles. The molecule has 1 spiro atoms. The Morgan fingerprint density at radius 2 is 1.54 bits per heavy atom. The molecule has 1 aliphatic carbocycles. The van der Waals surface area contributed by atoms with Crippen molar-refractivity contribution >= 4 is 34.1 Å². The Morgan fingerprint density at radius 1 is 0.893 bits per heavy atom. The number of rotatable bonds is 4. The summed E-state index contributed by atoms with van der Waals surface area (Å²) in [5.41, 5.74) is 2.52. The third kappa shape index (κ3) is 4.53. The molecule has 2 aliphatic rings. The number of benzene rings is 2. The molecule has 1 amide bonds. The van der Waals surface area contributed by atoms with E-state index in [0.717, 1.165) is 34.8 Å². The smallest absolute Gasteiger partial charge is 0.234 e. The minimum atomic E-state index is -0.320. The van der Waals surface area contributed by atoms with Crippen LogP contribution in [0.5, 0.6) is 0 Å². The molecule has 1 saturated carbocycles. The molecule has 0 aromatic heterocycles. The topological polar surface area (TPSA) is 53.8 Å². The van der Waals surface area contributed by atoms with Crippen LogP contribution in [0, 0.1) is 0 Å². The molecule has 2 aromatic rings. The molecule has 28 heavy (non-hydrogen) atoms. The van der Waals surface area contributed by atoms with E-state index in [2.05, 4.69) is 17.4 Å². The van der Waals surface area contributed by atoms with Gasteiger partial charge in [-0.05, 0) is 37.8 Å². The summed E-state index contributed by atoms with van der Waals surface area (Å²) in [5, 5.41) is 3.85.